The normalized spacial score (nSPS) is 14.9. The predicted molar refractivity (Wildman–Crippen MR) is 59.4 cm³/mol. The van der Waals surface area contributed by atoms with Gasteiger partial charge in [-0.05, 0) is 6.42 Å². The van der Waals surface area contributed by atoms with Crippen LogP contribution in [-0.2, 0) is 18.3 Å². The first kappa shape index (κ1) is 11.9. The van der Waals surface area contributed by atoms with Crippen molar-refractivity contribution in [3.63, 3.8) is 0 Å². The molecule has 0 saturated carbocycles. The maximum Gasteiger partial charge on any atom is 0.147 e. The highest BCUT2D eigenvalue weighted by Crippen LogP contribution is 2.22. The highest BCUT2D eigenvalue weighted by atomic mass is 16.1. The van der Waals surface area contributed by atoms with Crippen molar-refractivity contribution in [2.75, 3.05) is 6.54 Å². The summed E-state index contributed by atoms with van der Waals surface area (Å²) in [4.78, 5) is 16.2. The van der Waals surface area contributed by atoms with E-state index in [-0.39, 0.29) is 5.78 Å². The SMILES string of the molecule is CCC(C)(CN)C(=O)Cc1nccn1C. The van der Waals surface area contributed by atoms with Crippen LogP contribution < -0.4 is 5.73 Å². The van der Waals surface area contributed by atoms with Gasteiger partial charge in [-0.3, -0.25) is 4.79 Å². The van der Waals surface area contributed by atoms with Crippen molar-refractivity contribution in [2.45, 2.75) is 26.7 Å². The number of hydrogen-bond donors (Lipinski definition) is 1. The Bertz CT molecular complexity index is 339. The van der Waals surface area contributed by atoms with E-state index in [1.165, 1.54) is 0 Å². The Morgan fingerprint density at radius 2 is 2.33 bits per heavy atom. The first-order valence-corrected chi connectivity index (χ1v) is 5.23. The molecule has 0 aromatic carbocycles. The summed E-state index contributed by atoms with van der Waals surface area (Å²) in [7, 11) is 1.89. The van der Waals surface area contributed by atoms with Crippen molar-refractivity contribution in [2.24, 2.45) is 18.2 Å². The van der Waals surface area contributed by atoms with Crippen LogP contribution in [0.1, 0.15) is 26.1 Å². The third-order valence-electron chi connectivity index (χ3n) is 3.14. The topological polar surface area (TPSA) is 60.9 Å². The maximum atomic E-state index is 12.0. The van der Waals surface area contributed by atoms with Gasteiger partial charge in [0.05, 0.1) is 6.42 Å². The van der Waals surface area contributed by atoms with Crippen molar-refractivity contribution >= 4 is 5.78 Å². The minimum Gasteiger partial charge on any atom is -0.338 e. The maximum absolute atomic E-state index is 12.0. The fourth-order valence-corrected chi connectivity index (χ4v) is 1.38. The molecule has 0 fully saturated rings. The van der Waals surface area contributed by atoms with Crippen LogP contribution >= 0.6 is 0 Å². The van der Waals surface area contributed by atoms with E-state index in [0.717, 1.165) is 12.2 Å². The molecule has 4 nitrogen and oxygen atoms in total. The lowest BCUT2D eigenvalue weighted by atomic mass is 9.81. The van der Waals surface area contributed by atoms with Crippen molar-refractivity contribution < 1.29 is 4.79 Å². The highest BCUT2D eigenvalue weighted by molar-refractivity contribution is 5.86. The van der Waals surface area contributed by atoms with E-state index in [9.17, 15) is 4.79 Å². The Morgan fingerprint density at radius 1 is 1.67 bits per heavy atom. The molecular weight excluding hydrogens is 190 g/mol. The third kappa shape index (κ3) is 2.45. The van der Waals surface area contributed by atoms with Crippen LogP contribution in [0.15, 0.2) is 12.4 Å². The third-order valence-corrected chi connectivity index (χ3v) is 3.14. The van der Waals surface area contributed by atoms with E-state index in [2.05, 4.69) is 4.98 Å². The summed E-state index contributed by atoms with van der Waals surface area (Å²) < 4.78 is 1.87. The second-order valence-electron chi connectivity index (χ2n) is 4.17. The lowest BCUT2D eigenvalue weighted by Gasteiger charge is -2.24. The van der Waals surface area contributed by atoms with Gasteiger partial charge in [0.2, 0.25) is 0 Å². The molecule has 2 N–H and O–H groups in total. The summed E-state index contributed by atoms with van der Waals surface area (Å²) in [6, 6.07) is 0. The first-order valence-electron chi connectivity index (χ1n) is 5.23. The molecule has 0 aliphatic carbocycles. The summed E-state index contributed by atoms with van der Waals surface area (Å²) in [5.74, 6) is 0.968. The van der Waals surface area contributed by atoms with Gasteiger partial charge < -0.3 is 10.3 Å². The molecular formula is C11H19N3O. The highest BCUT2D eigenvalue weighted by Gasteiger charge is 2.29. The molecule has 1 aromatic heterocycles. The fraction of sp³-hybridized carbons (Fsp3) is 0.636. The van der Waals surface area contributed by atoms with Gasteiger partial charge in [0.15, 0.2) is 0 Å². The molecule has 1 atom stereocenters. The number of hydrogen-bond acceptors (Lipinski definition) is 3. The molecule has 0 aliphatic heterocycles. The van der Waals surface area contributed by atoms with Crippen molar-refractivity contribution in [1.29, 1.82) is 0 Å². The van der Waals surface area contributed by atoms with Crippen LogP contribution in [0.3, 0.4) is 0 Å². The van der Waals surface area contributed by atoms with E-state index in [4.69, 9.17) is 5.73 Å². The van der Waals surface area contributed by atoms with Gasteiger partial charge in [-0.2, -0.15) is 0 Å². The van der Waals surface area contributed by atoms with Gasteiger partial charge in [0, 0.05) is 31.4 Å². The van der Waals surface area contributed by atoms with Crippen LogP contribution in [0.2, 0.25) is 0 Å². The standard InChI is InChI=1S/C11H19N3O/c1-4-11(2,8-12)9(15)7-10-13-5-6-14(10)3/h5-6H,4,7-8,12H2,1-3H3. The van der Waals surface area contributed by atoms with Gasteiger partial charge >= 0.3 is 0 Å². The first-order chi connectivity index (χ1) is 7.03. The molecule has 0 aliphatic rings. The van der Waals surface area contributed by atoms with Crippen molar-refractivity contribution in [3.05, 3.63) is 18.2 Å². The molecule has 4 heteroatoms. The number of ketones is 1. The van der Waals surface area contributed by atoms with Gasteiger partial charge in [0.25, 0.3) is 0 Å². The summed E-state index contributed by atoms with van der Waals surface area (Å²) in [5, 5.41) is 0. The van der Waals surface area contributed by atoms with Crippen LogP contribution in [0.5, 0.6) is 0 Å². The van der Waals surface area contributed by atoms with E-state index < -0.39 is 5.41 Å². The van der Waals surface area contributed by atoms with Crippen LogP contribution in [0, 0.1) is 5.41 Å². The van der Waals surface area contributed by atoms with E-state index >= 15 is 0 Å². The number of carbonyl (C=O) groups excluding carboxylic acids is 1. The van der Waals surface area contributed by atoms with Gasteiger partial charge in [-0.1, -0.05) is 13.8 Å². The minimum atomic E-state index is -0.411. The second-order valence-corrected chi connectivity index (χ2v) is 4.17. The number of aromatic nitrogens is 2. The van der Waals surface area contributed by atoms with E-state index in [1.807, 2.05) is 31.7 Å². The van der Waals surface area contributed by atoms with Gasteiger partial charge in [-0.25, -0.2) is 4.98 Å². The van der Waals surface area contributed by atoms with E-state index in [1.54, 1.807) is 6.20 Å². The second kappa shape index (κ2) is 4.57. The zero-order chi connectivity index (χ0) is 11.5. The van der Waals surface area contributed by atoms with Crippen LogP contribution in [-0.4, -0.2) is 21.9 Å². The quantitative estimate of drug-likeness (QED) is 0.784. The lowest BCUT2D eigenvalue weighted by molar-refractivity contribution is -0.127. The summed E-state index contributed by atoms with van der Waals surface area (Å²) >= 11 is 0. The Morgan fingerprint density at radius 3 is 2.73 bits per heavy atom. The number of Topliss-reactive ketones (excluding diaryl/α,β-unsaturated/α-hetero) is 1. The molecule has 15 heavy (non-hydrogen) atoms. The van der Waals surface area contributed by atoms with Crippen LogP contribution in [0.4, 0.5) is 0 Å². The Kier molecular flexibility index (Phi) is 3.63. The number of aryl methyl sites for hydroxylation is 1. The average Bonchev–Trinajstić information content (AvgIpc) is 2.63. The van der Waals surface area contributed by atoms with Crippen LogP contribution in [0.25, 0.3) is 0 Å². The summed E-state index contributed by atoms with van der Waals surface area (Å²) in [5.41, 5.74) is 5.23. The Labute approximate surface area is 90.5 Å². The number of nitrogens with two attached hydrogens (primary N) is 1. The van der Waals surface area contributed by atoms with E-state index in [0.29, 0.717) is 13.0 Å². The molecule has 0 spiro atoms. The van der Waals surface area contributed by atoms with Gasteiger partial charge in [-0.15, -0.1) is 0 Å². The fourth-order valence-electron chi connectivity index (χ4n) is 1.38. The molecule has 0 amide bonds. The number of nitrogens with zero attached hydrogens (tertiary/aromatic N) is 2. The monoisotopic (exact) mass is 209 g/mol. The van der Waals surface area contributed by atoms with Crippen molar-refractivity contribution in [3.8, 4) is 0 Å². The predicted octanol–water partition coefficient (Wildman–Crippen LogP) is 0.907. The molecule has 1 aromatic rings. The molecule has 1 rings (SSSR count). The smallest absolute Gasteiger partial charge is 0.147 e. The zero-order valence-electron chi connectivity index (χ0n) is 9.66. The van der Waals surface area contributed by atoms with Crippen molar-refractivity contribution in [1.82, 2.24) is 9.55 Å². The Balaban J connectivity index is 2.75. The molecule has 0 bridgehead atoms. The molecule has 1 unspecified atom stereocenters. The minimum absolute atomic E-state index is 0.168. The molecule has 1 heterocycles. The summed E-state index contributed by atoms with van der Waals surface area (Å²) in [6.07, 6.45) is 4.68. The number of rotatable bonds is 5. The molecule has 0 saturated heterocycles. The molecule has 84 valence electrons. The zero-order valence-corrected chi connectivity index (χ0v) is 9.66. The Hall–Kier alpha value is -1.16. The van der Waals surface area contributed by atoms with Gasteiger partial charge in [0.1, 0.15) is 11.6 Å². The largest absolute Gasteiger partial charge is 0.338 e. The number of carbonyl (C=O) groups is 1. The lowest BCUT2D eigenvalue weighted by Crippen LogP contribution is -2.36. The molecule has 0 radical (unpaired) electrons. The average molecular weight is 209 g/mol. The summed E-state index contributed by atoms with van der Waals surface area (Å²) in [6.45, 7) is 4.30. The number of imidazole rings is 1.